The second-order valence-electron chi connectivity index (χ2n) is 5.27. The number of hydrogen-bond acceptors (Lipinski definition) is 3. The predicted octanol–water partition coefficient (Wildman–Crippen LogP) is 1.88. The Labute approximate surface area is 120 Å². The van der Waals surface area contributed by atoms with Gasteiger partial charge in [-0.3, -0.25) is 4.79 Å². The number of amides is 1. The summed E-state index contributed by atoms with van der Waals surface area (Å²) in [6.07, 6.45) is 6.12. The molecule has 3 N–H and O–H groups in total. The molecule has 0 radical (unpaired) electrons. The zero-order valence-electron chi connectivity index (χ0n) is 11.9. The van der Waals surface area contributed by atoms with Gasteiger partial charge in [-0.1, -0.05) is 25.0 Å². The molecule has 0 aliphatic heterocycles. The molecular weight excluding hydrogens is 252 g/mol. The van der Waals surface area contributed by atoms with E-state index in [2.05, 4.69) is 5.32 Å². The second kappa shape index (κ2) is 8.02. The van der Waals surface area contributed by atoms with Crippen LogP contribution in [0, 0.1) is 0 Å². The number of nitrogens with two attached hydrogens (primary N) is 1. The molecular formula is C16H24N2O2. The van der Waals surface area contributed by atoms with E-state index in [1.807, 2.05) is 24.3 Å². The zero-order valence-corrected chi connectivity index (χ0v) is 11.9. The fraction of sp³-hybridized carbons (Fsp3) is 0.562. The van der Waals surface area contributed by atoms with Gasteiger partial charge in [-0.15, -0.1) is 0 Å². The minimum Gasteiger partial charge on any atom is -0.376 e. The summed E-state index contributed by atoms with van der Waals surface area (Å²) in [5, 5.41) is 2.89. The van der Waals surface area contributed by atoms with Crippen LogP contribution in [0.15, 0.2) is 24.3 Å². The first-order chi connectivity index (χ1) is 9.79. The topological polar surface area (TPSA) is 64.4 Å². The molecule has 0 bridgehead atoms. The fourth-order valence-corrected chi connectivity index (χ4v) is 2.54. The lowest BCUT2D eigenvalue weighted by atomic mass is 10.1. The molecule has 0 saturated heterocycles. The SMILES string of the molecule is NCCc1ccc(C(=O)NCCOC2CCCC2)cc1. The highest BCUT2D eigenvalue weighted by atomic mass is 16.5. The smallest absolute Gasteiger partial charge is 0.251 e. The molecule has 1 aliphatic rings. The summed E-state index contributed by atoms with van der Waals surface area (Å²) in [7, 11) is 0. The van der Waals surface area contributed by atoms with E-state index in [9.17, 15) is 4.79 Å². The average molecular weight is 276 g/mol. The van der Waals surface area contributed by atoms with E-state index in [-0.39, 0.29) is 5.91 Å². The molecule has 0 unspecified atom stereocenters. The van der Waals surface area contributed by atoms with Gasteiger partial charge in [0.1, 0.15) is 0 Å². The Morgan fingerprint density at radius 2 is 1.95 bits per heavy atom. The van der Waals surface area contributed by atoms with Crippen LogP contribution in [0.4, 0.5) is 0 Å². The van der Waals surface area contributed by atoms with Gasteiger partial charge >= 0.3 is 0 Å². The first kappa shape index (κ1) is 15.0. The Kier molecular flexibility index (Phi) is 6.02. The van der Waals surface area contributed by atoms with Crippen molar-refractivity contribution >= 4 is 5.91 Å². The molecule has 0 spiro atoms. The number of ether oxygens (including phenoxy) is 1. The van der Waals surface area contributed by atoms with Crippen molar-refractivity contribution < 1.29 is 9.53 Å². The van der Waals surface area contributed by atoms with Crippen LogP contribution in [0.5, 0.6) is 0 Å². The van der Waals surface area contributed by atoms with Gasteiger partial charge in [0.05, 0.1) is 12.7 Å². The number of carbonyl (C=O) groups is 1. The highest BCUT2D eigenvalue weighted by Crippen LogP contribution is 2.20. The van der Waals surface area contributed by atoms with E-state index in [4.69, 9.17) is 10.5 Å². The van der Waals surface area contributed by atoms with Crippen molar-refractivity contribution in [3.8, 4) is 0 Å². The third kappa shape index (κ3) is 4.62. The maximum Gasteiger partial charge on any atom is 0.251 e. The lowest BCUT2D eigenvalue weighted by Gasteiger charge is -2.11. The Bertz CT molecular complexity index is 411. The van der Waals surface area contributed by atoms with Gasteiger partial charge in [0.15, 0.2) is 0 Å². The van der Waals surface area contributed by atoms with Crippen LogP contribution in [0.2, 0.25) is 0 Å². The van der Waals surface area contributed by atoms with Crippen molar-refractivity contribution in [2.75, 3.05) is 19.7 Å². The van der Waals surface area contributed by atoms with Gasteiger partial charge in [-0.2, -0.15) is 0 Å². The zero-order chi connectivity index (χ0) is 14.2. The molecule has 1 amide bonds. The van der Waals surface area contributed by atoms with Crippen molar-refractivity contribution in [1.29, 1.82) is 0 Å². The summed E-state index contributed by atoms with van der Waals surface area (Å²) in [5.74, 6) is -0.0423. The van der Waals surface area contributed by atoms with E-state index >= 15 is 0 Å². The van der Waals surface area contributed by atoms with Crippen LogP contribution in [-0.2, 0) is 11.2 Å². The Balaban J connectivity index is 1.68. The first-order valence-corrected chi connectivity index (χ1v) is 7.48. The maximum atomic E-state index is 11.9. The molecule has 1 saturated carbocycles. The summed E-state index contributed by atoms with van der Waals surface area (Å²) < 4.78 is 5.71. The normalized spacial score (nSPS) is 15.4. The summed E-state index contributed by atoms with van der Waals surface area (Å²) in [4.78, 5) is 11.9. The Hall–Kier alpha value is -1.39. The summed E-state index contributed by atoms with van der Waals surface area (Å²) >= 11 is 0. The van der Waals surface area contributed by atoms with E-state index in [0.717, 1.165) is 24.8 Å². The molecule has 110 valence electrons. The molecule has 1 aromatic carbocycles. The molecule has 1 aliphatic carbocycles. The van der Waals surface area contributed by atoms with Crippen LogP contribution < -0.4 is 11.1 Å². The molecule has 2 rings (SSSR count). The second-order valence-corrected chi connectivity index (χ2v) is 5.27. The number of hydrogen-bond donors (Lipinski definition) is 2. The van der Waals surface area contributed by atoms with Gasteiger partial charge in [-0.25, -0.2) is 0 Å². The van der Waals surface area contributed by atoms with E-state index in [1.54, 1.807) is 0 Å². The lowest BCUT2D eigenvalue weighted by molar-refractivity contribution is 0.0582. The number of rotatable bonds is 7. The predicted molar refractivity (Wildman–Crippen MR) is 79.7 cm³/mol. The van der Waals surface area contributed by atoms with Gasteiger partial charge < -0.3 is 15.8 Å². The van der Waals surface area contributed by atoms with Crippen LogP contribution >= 0.6 is 0 Å². The first-order valence-electron chi connectivity index (χ1n) is 7.48. The Morgan fingerprint density at radius 1 is 1.25 bits per heavy atom. The fourth-order valence-electron chi connectivity index (χ4n) is 2.54. The van der Waals surface area contributed by atoms with E-state index < -0.39 is 0 Å². The molecule has 0 atom stereocenters. The van der Waals surface area contributed by atoms with Gasteiger partial charge in [0.25, 0.3) is 5.91 Å². The molecule has 20 heavy (non-hydrogen) atoms. The molecule has 4 heteroatoms. The Morgan fingerprint density at radius 3 is 2.60 bits per heavy atom. The standard InChI is InChI=1S/C16H24N2O2/c17-10-9-13-5-7-14(8-6-13)16(19)18-11-12-20-15-3-1-2-4-15/h5-8,15H,1-4,9-12,17H2,(H,18,19). The largest absolute Gasteiger partial charge is 0.376 e. The molecule has 0 aromatic heterocycles. The minimum atomic E-state index is -0.0423. The van der Waals surface area contributed by atoms with Gasteiger partial charge in [0.2, 0.25) is 0 Å². The number of nitrogens with one attached hydrogen (secondary N) is 1. The highest BCUT2D eigenvalue weighted by molar-refractivity contribution is 5.94. The average Bonchev–Trinajstić information content (AvgIpc) is 2.98. The van der Waals surface area contributed by atoms with Crippen molar-refractivity contribution in [1.82, 2.24) is 5.32 Å². The van der Waals surface area contributed by atoms with Crippen LogP contribution in [0.1, 0.15) is 41.6 Å². The summed E-state index contributed by atoms with van der Waals surface area (Å²) in [6, 6.07) is 7.60. The third-order valence-electron chi connectivity index (χ3n) is 3.69. The van der Waals surface area contributed by atoms with Crippen LogP contribution in [-0.4, -0.2) is 31.7 Å². The van der Waals surface area contributed by atoms with E-state index in [1.165, 1.54) is 12.8 Å². The molecule has 1 aromatic rings. The van der Waals surface area contributed by atoms with Gasteiger partial charge in [-0.05, 0) is 43.5 Å². The van der Waals surface area contributed by atoms with Gasteiger partial charge in [0, 0.05) is 12.1 Å². The monoisotopic (exact) mass is 276 g/mol. The van der Waals surface area contributed by atoms with Crippen LogP contribution in [0.25, 0.3) is 0 Å². The molecule has 4 nitrogen and oxygen atoms in total. The van der Waals surface area contributed by atoms with Crippen molar-refractivity contribution in [2.24, 2.45) is 5.73 Å². The number of benzene rings is 1. The third-order valence-corrected chi connectivity index (χ3v) is 3.69. The minimum absolute atomic E-state index is 0.0423. The van der Waals surface area contributed by atoms with Crippen LogP contribution in [0.3, 0.4) is 0 Å². The van der Waals surface area contributed by atoms with Crippen molar-refractivity contribution in [3.63, 3.8) is 0 Å². The highest BCUT2D eigenvalue weighted by Gasteiger charge is 2.14. The maximum absolute atomic E-state index is 11.9. The van der Waals surface area contributed by atoms with Crippen molar-refractivity contribution in [3.05, 3.63) is 35.4 Å². The number of carbonyl (C=O) groups excluding carboxylic acids is 1. The van der Waals surface area contributed by atoms with Crippen molar-refractivity contribution in [2.45, 2.75) is 38.2 Å². The van der Waals surface area contributed by atoms with E-state index in [0.29, 0.717) is 31.4 Å². The molecule has 0 heterocycles. The lowest BCUT2D eigenvalue weighted by Crippen LogP contribution is -2.28. The quantitative estimate of drug-likeness (QED) is 0.747. The molecule has 1 fully saturated rings. The summed E-state index contributed by atoms with van der Waals surface area (Å²) in [6.45, 7) is 1.80. The summed E-state index contributed by atoms with van der Waals surface area (Å²) in [5.41, 5.74) is 7.35.